The lowest BCUT2D eigenvalue weighted by Crippen LogP contribution is -2.11. The highest BCUT2D eigenvalue weighted by molar-refractivity contribution is 6.35. The van der Waals surface area contributed by atoms with Gasteiger partial charge in [-0.25, -0.2) is 4.98 Å². The van der Waals surface area contributed by atoms with Crippen LogP contribution in [0.3, 0.4) is 0 Å². The SMILES string of the molecule is Cc1ccc(-c2cn(Cc3ccc(Cl)cc3Cl)cc2C(c2ccccc2)n2ccnc2)cc1. The average Bonchev–Trinajstić information content (AvgIpc) is 3.48. The predicted octanol–water partition coefficient (Wildman–Crippen LogP) is 7.65. The first-order valence-electron chi connectivity index (χ1n) is 10.8. The van der Waals surface area contributed by atoms with Gasteiger partial charge in [-0.3, -0.25) is 0 Å². The van der Waals surface area contributed by atoms with Gasteiger partial charge in [0.2, 0.25) is 0 Å². The molecule has 5 rings (SSSR count). The molecule has 5 heteroatoms. The monoisotopic (exact) mass is 471 g/mol. The Balaban J connectivity index is 1.66. The minimum Gasteiger partial charge on any atom is -0.349 e. The second-order valence-electron chi connectivity index (χ2n) is 8.22. The lowest BCUT2D eigenvalue weighted by molar-refractivity contribution is 0.673. The molecule has 0 aliphatic carbocycles. The zero-order valence-electron chi connectivity index (χ0n) is 18.2. The van der Waals surface area contributed by atoms with E-state index in [-0.39, 0.29) is 6.04 Å². The Kier molecular flexibility index (Phi) is 6.08. The summed E-state index contributed by atoms with van der Waals surface area (Å²) in [7, 11) is 0. The normalized spacial score (nSPS) is 12.1. The number of halogens is 2. The molecule has 33 heavy (non-hydrogen) atoms. The smallest absolute Gasteiger partial charge is 0.0954 e. The van der Waals surface area contributed by atoms with Crippen molar-refractivity contribution in [3.63, 3.8) is 0 Å². The first kappa shape index (κ1) is 21.6. The van der Waals surface area contributed by atoms with E-state index in [4.69, 9.17) is 23.2 Å². The van der Waals surface area contributed by atoms with Crippen molar-refractivity contribution in [2.75, 3.05) is 0 Å². The maximum Gasteiger partial charge on any atom is 0.0954 e. The second-order valence-corrected chi connectivity index (χ2v) is 9.07. The molecule has 3 nitrogen and oxygen atoms in total. The number of rotatable bonds is 6. The highest BCUT2D eigenvalue weighted by atomic mass is 35.5. The maximum absolute atomic E-state index is 6.49. The second kappa shape index (κ2) is 9.30. The van der Waals surface area contributed by atoms with Crippen molar-refractivity contribution in [1.82, 2.24) is 14.1 Å². The highest BCUT2D eigenvalue weighted by Gasteiger charge is 2.22. The minimum atomic E-state index is -0.00746. The molecule has 0 fully saturated rings. The molecule has 0 saturated carbocycles. The van der Waals surface area contributed by atoms with E-state index in [9.17, 15) is 0 Å². The summed E-state index contributed by atoms with van der Waals surface area (Å²) >= 11 is 12.6. The fourth-order valence-corrected chi connectivity index (χ4v) is 4.69. The number of imidazole rings is 1. The van der Waals surface area contributed by atoms with Gasteiger partial charge in [-0.05, 0) is 35.7 Å². The zero-order valence-corrected chi connectivity index (χ0v) is 19.7. The van der Waals surface area contributed by atoms with Crippen LogP contribution in [0.1, 0.15) is 28.3 Å². The van der Waals surface area contributed by atoms with E-state index >= 15 is 0 Å². The summed E-state index contributed by atoms with van der Waals surface area (Å²) in [6.45, 7) is 2.76. The number of aryl methyl sites for hydroxylation is 1. The number of aromatic nitrogens is 3. The van der Waals surface area contributed by atoms with Gasteiger partial charge in [0, 0.05) is 52.5 Å². The molecule has 0 amide bonds. The summed E-state index contributed by atoms with van der Waals surface area (Å²) in [6, 6.07) is 24.9. The number of benzene rings is 3. The summed E-state index contributed by atoms with van der Waals surface area (Å²) in [4.78, 5) is 4.33. The summed E-state index contributed by atoms with van der Waals surface area (Å²) in [5, 5.41) is 1.31. The van der Waals surface area contributed by atoms with E-state index in [2.05, 4.69) is 82.0 Å². The molecule has 0 bridgehead atoms. The molecule has 0 N–H and O–H groups in total. The Morgan fingerprint density at radius 2 is 1.70 bits per heavy atom. The topological polar surface area (TPSA) is 22.8 Å². The van der Waals surface area contributed by atoms with E-state index in [1.165, 1.54) is 27.8 Å². The Morgan fingerprint density at radius 1 is 0.909 bits per heavy atom. The van der Waals surface area contributed by atoms with Crippen LogP contribution in [0.25, 0.3) is 11.1 Å². The molecule has 5 aromatic rings. The molecular weight excluding hydrogens is 449 g/mol. The van der Waals surface area contributed by atoms with Gasteiger partial charge in [0.25, 0.3) is 0 Å². The van der Waals surface area contributed by atoms with Gasteiger partial charge in [-0.1, -0.05) is 89.4 Å². The maximum atomic E-state index is 6.49. The molecule has 1 unspecified atom stereocenters. The molecular formula is C28H23Cl2N3. The van der Waals surface area contributed by atoms with Crippen molar-refractivity contribution in [1.29, 1.82) is 0 Å². The molecule has 2 aromatic heterocycles. The van der Waals surface area contributed by atoms with Gasteiger partial charge >= 0.3 is 0 Å². The number of hydrogen-bond acceptors (Lipinski definition) is 1. The summed E-state index contributed by atoms with van der Waals surface area (Å²) in [6.07, 6.45) is 10.1. The van der Waals surface area contributed by atoms with Crippen molar-refractivity contribution < 1.29 is 0 Å². The average molecular weight is 472 g/mol. The standard InChI is InChI=1S/C28H23Cl2N3/c1-20-7-9-21(10-8-20)25-17-32(16-23-11-12-24(29)15-27(23)30)18-26(25)28(33-14-13-31-19-33)22-5-3-2-4-6-22/h2-15,17-19,28H,16H2,1H3. The van der Waals surface area contributed by atoms with Gasteiger partial charge in [0.1, 0.15) is 0 Å². The summed E-state index contributed by atoms with van der Waals surface area (Å²) in [5.41, 5.74) is 7.03. The molecule has 0 aliphatic rings. The Hall–Kier alpha value is -3.27. The first-order valence-corrected chi connectivity index (χ1v) is 11.6. The first-order chi connectivity index (χ1) is 16.1. The van der Waals surface area contributed by atoms with E-state index in [0.29, 0.717) is 16.6 Å². The summed E-state index contributed by atoms with van der Waals surface area (Å²) < 4.78 is 4.36. The quantitative estimate of drug-likeness (QED) is 0.249. The third-order valence-electron chi connectivity index (χ3n) is 5.87. The fraction of sp³-hybridized carbons (Fsp3) is 0.107. The van der Waals surface area contributed by atoms with Crippen LogP contribution in [0.4, 0.5) is 0 Å². The van der Waals surface area contributed by atoms with Gasteiger partial charge < -0.3 is 9.13 Å². The number of hydrogen-bond donors (Lipinski definition) is 0. The Labute approximate surface area is 203 Å². The van der Waals surface area contributed by atoms with E-state index < -0.39 is 0 Å². The van der Waals surface area contributed by atoms with Crippen LogP contribution in [0.5, 0.6) is 0 Å². The lowest BCUT2D eigenvalue weighted by atomic mass is 9.94. The van der Waals surface area contributed by atoms with Gasteiger partial charge in [0.15, 0.2) is 0 Å². The largest absolute Gasteiger partial charge is 0.349 e. The van der Waals surface area contributed by atoms with Crippen molar-refractivity contribution in [2.45, 2.75) is 19.5 Å². The van der Waals surface area contributed by atoms with E-state index in [0.717, 1.165) is 5.56 Å². The molecule has 1 atom stereocenters. The van der Waals surface area contributed by atoms with E-state index in [1.54, 1.807) is 6.07 Å². The van der Waals surface area contributed by atoms with Crippen LogP contribution in [0, 0.1) is 6.92 Å². The van der Waals surface area contributed by atoms with Crippen molar-refractivity contribution >= 4 is 23.2 Å². The van der Waals surface area contributed by atoms with Crippen molar-refractivity contribution in [2.24, 2.45) is 0 Å². The number of nitrogens with zero attached hydrogens (tertiary/aromatic N) is 3. The highest BCUT2D eigenvalue weighted by Crippen LogP contribution is 2.36. The third-order valence-corrected chi connectivity index (χ3v) is 6.46. The van der Waals surface area contributed by atoms with Gasteiger partial charge in [-0.2, -0.15) is 0 Å². The van der Waals surface area contributed by atoms with Crippen LogP contribution in [0.15, 0.2) is 104 Å². The predicted molar refractivity (Wildman–Crippen MR) is 136 cm³/mol. The van der Waals surface area contributed by atoms with Crippen LogP contribution < -0.4 is 0 Å². The summed E-state index contributed by atoms with van der Waals surface area (Å²) in [5.74, 6) is 0. The van der Waals surface area contributed by atoms with Crippen LogP contribution in [0.2, 0.25) is 10.0 Å². The molecule has 0 radical (unpaired) electrons. The van der Waals surface area contributed by atoms with Crippen molar-refractivity contribution in [3.05, 3.63) is 136 Å². The van der Waals surface area contributed by atoms with Crippen LogP contribution in [-0.4, -0.2) is 14.1 Å². The molecule has 0 spiro atoms. The molecule has 164 valence electrons. The van der Waals surface area contributed by atoms with Gasteiger partial charge in [-0.15, -0.1) is 0 Å². The van der Waals surface area contributed by atoms with E-state index in [1.807, 2.05) is 36.9 Å². The molecule has 2 heterocycles. The molecule has 3 aromatic carbocycles. The third kappa shape index (κ3) is 4.61. The molecule has 0 saturated heterocycles. The van der Waals surface area contributed by atoms with Crippen LogP contribution in [-0.2, 0) is 6.54 Å². The van der Waals surface area contributed by atoms with Crippen LogP contribution >= 0.6 is 23.2 Å². The lowest BCUT2D eigenvalue weighted by Gasteiger charge is -2.20. The zero-order chi connectivity index (χ0) is 22.8. The Bertz CT molecular complexity index is 1350. The van der Waals surface area contributed by atoms with Crippen molar-refractivity contribution in [3.8, 4) is 11.1 Å². The molecule has 0 aliphatic heterocycles. The minimum absolute atomic E-state index is 0.00746. The fourth-order valence-electron chi connectivity index (χ4n) is 4.23. The van der Waals surface area contributed by atoms with Gasteiger partial charge in [0.05, 0.1) is 12.4 Å². The Morgan fingerprint density at radius 3 is 2.39 bits per heavy atom.